The Balaban J connectivity index is 2.35. The molecule has 0 aliphatic carbocycles. The summed E-state index contributed by atoms with van der Waals surface area (Å²) in [5, 5.41) is 4.26. The van der Waals surface area contributed by atoms with E-state index < -0.39 is 0 Å². The van der Waals surface area contributed by atoms with Crippen LogP contribution >= 0.6 is 11.6 Å². The van der Waals surface area contributed by atoms with E-state index in [4.69, 9.17) is 16.3 Å². The van der Waals surface area contributed by atoms with Gasteiger partial charge in [0.25, 0.3) is 0 Å². The van der Waals surface area contributed by atoms with Gasteiger partial charge in [0.15, 0.2) is 0 Å². The largest absolute Gasteiger partial charge is 0.492 e. The summed E-state index contributed by atoms with van der Waals surface area (Å²) >= 11 is 6.07. The van der Waals surface area contributed by atoms with E-state index in [1.807, 2.05) is 18.2 Å². The first-order valence-electron chi connectivity index (χ1n) is 6.69. The third kappa shape index (κ3) is 4.87. The number of hydrogen-bond acceptors (Lipinski definition) is 2. The highest BCUT2D eigenvalue weighted by molar-refractivity contribution is 6.31. The van der Waals surface area contributed by atoms with Gasteiger partial charge in [-0.15, -0.1) is 0 Å². The molecule has 1 N–H and O–H groups in total. The van der Waals surface area contributed by atoms with E-state index in [9.17, 15) is 0 Å². The zero-order valence-electron chi connectivity index (χ0n) is 11.8. The maximum absolute atomic E-state index is 6.07. The summed E-state index contributed by atoms with van der Waals surface area (Å²) in [6, 6.07) is 6.37. The van der Waals surface area contributed by atoms with Gasteiger partial charge in [0, 0.05) is 17.6 Å². The van der Waals surface area contributed by atoms with Crippen molar-refractivity contribution in [1.82, 2.24) is 5.32 Å². The van der Waals surface area contributed by atoms with E-state index in [0.717, 1.165) is 29.3 Å². The molecule has 3 heteroatoms. The summed E-state index contributed by atoms with van der Waals surface area (Å²) in [5.41, 5.74) is 1.14. The fraction of sp³-hybridized carbons (Fsp3) is 0.600. The van der Waals surface area contributed by atoms with E-state index >= 15 is 0 Å². The van der Waals surface area contributed by atoms with Crippen LogP contribution in [0.15, 0.2) is 18.2 Å². The highest BCUT2D eigenvalue weighted by Gasteiger charge is 2.05. The molecule has 0 saturated carbocycles. The Bertz CT molecular complexity index is 366. The molecule has 2 nitrogen and oxygen atoms in total. The number of rotatable bonds is 7. The first kappa shape index (κ1) is 15.3. The molecule has 0 saturated heterocycles. The van der Waals surface area contributed by atoms with Gasteiger partial charge in [-0.05, 0) is 43.0 Å². The average Bonchev–Trinajstić information content (AvgIpc) is 2.35. The van der Waals surface area contributed by atoms with Crippen LogP contribution in [0.1, 0.15) is 33.3 Å². The Kier molecular flexibility index (Phi) is 6.51. The minimum atomic E-state index is 0.519. The van der Waals surface area contributed by atoms with Crippen LogP contribution in [-0.4, -0.2) is 19.2 Å². The molecule has 0 fully saturated rings. The van der Waals surface area contributed by atoms with E-state index in [0.29, 0.717) is 18.6 Å². The lowest BCUT2D eigenvalue weighted by atomic mass is 10.1. The molecule has 18 heavy (non-hydrogen) atoms. The van der Waals surface area contributed by atoms with Crippen LogP contribution in [-0.2, 0) is 6.42 Å². The van der Waals surface area contributed by atoms with Crippen molar-refractivity contribution >= 4 is 11.6 Å². The van der Waals surface area contributed by atoms with Crippen LogP contribution in [0, 0.1) is 5.92 Å². The second-order valence-electron chi connectivity index (χ2n) is 4.94. The van der Waals surface area contributed by atoms with Gasteiger partial charge in [-0.25, -0.2) is 0 Å². The number of aryl methyl sites for hydroxylation is 1. The summed E-state index contributed by atoms with van der Waals surface area (Å²) in [7, 11) is 0. The van der Waals surface area contributed by atoms with Crippen molar-refractivity contribution in [2.45, 2.75) is 40.2 Å². The smallest absolute Gasteiger partial charge is 0.119 e. The molecule has 0 spiro atoms. The third-order valence-corrected chi connectivity index (χ3v) is 3.60. The maximum Gasteiger partial charge on any atom is 0.119 e. The van der Waals surface area contributed by atoms with Gasteiger partial charge in [0.05, 0.1) is 0 Å². The Morgan fingerprint density at radius 3 is 2.61 bits per heavy atom. The molecule has 1 aromatic rings. The lowest BCUT2D eigenvalue weighted by Gasteiger charge is -2.17. The molecule has 1 aromatic carbocycles. The van der Waals surface area contributed by atoms with Crippen molar-refractivity contribution in [2.24, 2.45) is 5.92 Å². The SMILES string of the molecule is CCc1cc(OCCNC(C)C(C)C)ccc1Cl. The second kappa shape index (κ2) is 7.65. The Morgan fingerprint density at radius 1 is 1.28 bits per heavy atom. The number of benzene rings is 1. The van der Waals surface area contributed by atoms with Crippen LogP contribution in [0.4, 0.5) is 0 Å². The fourth-order valence-corrected chi connectivity index (χ4v) is 1.85. The van der Waals surface area contributed by atoms with Crippen molar-refractivity contribution in [2.75, 3.05) is 13.2 Å². The Morgan fingerprint density at radius 2 is 2.00 bits per heavy atom. The van der Waals surface area contributed by atoms with Crippen molar-refractivity contribution in [3.8, 4) is 5.75 Å². The van der Waals surface area contributed by atoms with Gasteiger partial charge in [0.1, 0.15) is 12.4 Å². The zero-order chi connectivity index (χ0) is 13.5. The van der Waals surface area contributed by atoms with Crippen LogP contribution in [0.3, 0.4) is 0 Å². The molecule has 0 aromatic heterocycles. The predicted octanol–water partition coefficient (Wildman–Crippen LogP) is 3.92. The van der Waals surface area contributed by atoms with Gasteiger partial charge < -0.3 is 10.1 Å². The molecule has 1 atom stereocenters. The first-order chi connectivity index (χ1) is 8.54. The highest BCUT2D eigenvalue weighted by atomic mass is 35.5. The van der Waals surface area contributed by atoms with Gasteiger partial charge >= 0.3 is 0 Å². The second-order valence-corrected chi connectivity index (χ2v) is 5.35. The first-order valence-corrected chi connectivity index (χ1v) is 7.07. The van der Waals surface area contributed by atoms with E-state index in [1.165, 1.54) is 0 Å². The van der Waals surface area contributed by atoms with Crippen molar-refractivity contribution < 1.29 is 4.74 Å². The van der Waals surface area contributed by atoms with Crippen molar-refractivity contribution in [3.63, 3.8) is 0 Å². The van der Waals surface area contributed by atoms with Gasteiger partial charge in [-0.3, -0.25) is 0 Å². The Labute approximate surface area is 116 Å². The van der Waals surface area contributed by atoms with Crippen LogP contribution in [0.2, 0.25) is 5.02 Å². The molecule has 0 amide bonds. The zero-order valence-corrected chi connectivity index (χ0v) is 12.6. The van der Waals surface area contributed by atoms with Crippen molar-refractivity contribution in [3.05, 3.63) is 28.8 Å². The number of nitrogens with one attached hydrogen (secondary N) is 1. The van der Waals surface area contributed by atoms with E-state index in [1.54, 1.807) is 0 Å². The van der Waals surface area contributed by atoms with Gasteiger partial charge in [-0.2, -0.15) is 0 Å². The molecule has 0 heterocycles. The predicted molar refractivity (Wildman–Crippen MR) is 78.6 cm³/mol. The standard InChI is InChI=1S/C15H24ClNO/c1-5-13-10-14(6-7-15(13)16)18-9-8-17-12(4)11(2)3/h6-7,10-12,17H,5,8-9H2,1-4H3. The fourth-order valence-electron chi connectivity index (χ4n) is 1.60. The molecule has 1 rings (SSSR count). The van der Waals surface area contributed by atoms with E-state index in [2.05, 4.69) is 33.0 Å². The number of hydrogen-bond donors (Lipinski definition) is 1. The summed E-state index contributed by atoms with van der Waals surface area (Å²) < 4.78 is 5.71. The molecule has 0 radical (unpaired) electrons. The minimum Gasteiger partial charge on any atom is -0.492 e. The van der Waals surface area contributed by atoms with Crippen molar-refractivity contribution in [1.29, 1.82) is 0 Å². The maximum atomic E-state index is 6.07. The normalized spacial score (nSPS) is 12.8. The molecule has 0 aliphatic rings. The van der Waals surface area contributed by atoms with Crippen LogP contribution < -0.4 is 10.1 Å². The number of ether oxygens (including phenoxy) is 1. The molecular formula is C15H24ClNO. The monoisotopic (exact) mass is 269 g/mol. The van der Waals surface area contributed by atoms with Gasteiger partial charge in [0.2, 0.25) is 0 Å². The topological polar surface area (TPSA) is 21.3 Å². The van der Waals surface area contributed by atoms with Crippen LogP contribution in [0.5, 0.6) is 5.75 Å². The summed E-state index contributed by atoms with van der Waals surface area (Å²) in [6.07, 6.45) is 0.929. The quantitative estimate of drug-likeness (QED) is 0.758. The lowest BCUT2D eigenvalue weighted by molar-refractivity contribution is 0.296. The molecule has 0 bridgehead atoms. The lowest BCUT2D eigenvalue weighted by Crippen LogP contribution is -2.33. The van der Waals surface area contributed by atoms with E-state index in [-0.39, 0.29) is 0 Å². The highest BCUT2D eigenvalue weighted by Crippen LogP contribution is 2.22. The third-order valence-electron chi connectivity index (χ3n) is 3.24. The average molecular weight is 270 g/mol. The summed E-state index contributed by atoms with van der Waals surface area (Å²) in [4.78, 5) is 0. The summed E-state index contributed by atoms with van der Waals surface area (Å²) in [5.74, 6) is 1.54. The molecule has 102 valence electrons. The minimum absolute atomic E-state index is 0.519. The molecule has 1 unspecified atom stereocenters. The Hall–Kier alpha value is -0.730. The van der Waals surface area contributed by atoms with Crippen LogP contribution in [0.25, 0.3) is 0 Å². The van der Waals surface area contributed by atoms with Gasteiger partial charge in [-0.1, -0.05) is 32.4 Å². The molecular weight excluding hydrogens is 246 g/mol. The molecule has 0 aliphatic heterocycles. The number of halogens is 1. The summed E-state index contributed by atoms with van der Waals surface area (Å²) in [6.45, 7) is 10.3.